The van der Waals surface area contributed by atoms with Gasteiger partial charge >= 0.3 is 0 Å². The van der Waals surface area contributed by atoms with Crippen LogP contribution >= 0.6 is 11.3 Å². The molecule has 0 unspecified atom stereocenters. The fourth-order valence-electron chi connectivity index (χ4n) is 2.05. The first kappa shape index (κ1) is 14.9. The van der Waals surface area contributed by atoms with Crippen LogP contribution in [-0.2, 0) is 4.74 Å². The first-order valence-corrected chi connectivity index (χ1v) is 7.90. The molecule has 0 atom stereocenters. The Hall–Kier alpha value is -1.99. The Morgan fingerprint density at radius 3 is 2.77 bits per heavy atom. The first-order valence-electron chi connectivity index (χ1n) is 7.08. The zero-order valence-corrected chi connectivity index (χ0v) is 13.3. The summed E-state index contributed by atoms with van der Waals surface area (Å²) >= 11 is 1.52. The molecule has 0 N–H and O–H groups in total. The minimum Gasteiger partial charge on any atom is -0.380 e. The average Bonchev–Trinajstić information content (AvgIpc) is 3.07. The fraction of sp³-hybridized carbons (Fsp3) is 0.333. The lowest BCUT2D eigenvalue weighted by Crippen LogP contribution is -2.22. The zero-order chi connectivity index (χ0) is 15.5. The lowest BCUT2D eigenvalue weighted by atomic mass is 10.2. The van der Waals surface area contributed by atoms with Gasteiger partial charge in [-0.15, -0.1) is 5.10 Å². The molecule has 2 aromatic heterocycles. The normalized spacial score (nSPS) is 11.2. The van der Waals surface area contributed by atoms with Gasteiger partial charge in [0.25, 0.3) is 0 Å². The molecule has 0 spiro atoms. The van der Waals surface area contributed by atoms with Crippen LogP contribution in [0.3, 0.4) is 0 Å². The fourth-order valence-corrected chi connectivity index (χ4v) is 2.92. The molecule has 0 saturated carbocycles. The van der Waals surface area contributed by atoms with Crippen molar-refractivity contribution in [3.05, 3.63) is 36.3 Å². The van der Waals surface area contributed by atoms with E-state index in [4.69, 9.17) is 4.74 Å². The third-order valence-electron chi connectivity index (χ3n) is 3.27. The molecule has 2 heterocycles. The van der Waals surface area contributed by atoms with Gasteiger partial charge in [-0.1, -0.05) is 11.3 Å². The van der Waals surface area contributed by atoms with Crippen LogP contribution in [-0.4, -0.2) is 41.4 Å². The average molecular weight is 320 g/mol. The molecule has 0 saturated heterocycles. The number of likely N-dealkylation sites (N-methyl/N-ethyl adjacent to an activating group) is 1. The van der Waals surface area contributed by atoms with Crippen molar-refractivity contribution < 1.29 is 9.13 Å². The SMILES string of the molecule is CCOCCN(C)c1nn2cc(-c3ccc(F)cc3)nc2s1. The molecule has 1 aromatic carbocycles. The van der Waals surface area contributed by atoms with Crippen molar-refractivity contribution in [3.63, 3.8) is 0 Å². The highest BCUT2D eigenvalue weighted by atomic mass is 32.1. The number of imidazole rings is 1. The molecule has 3 aromatic rings. The van der Waals surface area contributed by atoms with Crippen LogP contribution in [0.4, 0.5) is 9.52 Å². The summed E-state index contributed by atoms with van der Waals surface area (Å²) in [6.07, 6.45) is 1.86. The Labute approximate surface area is 132 Å². The minimum absolute atomic E-state index is 0.249. The van der Waals surface area contributed by atoms with Crippen LogP contribution in [0, 0.1) is 5.82 Å². The smallest absolute Gasteiger partial charge is 0.214 e. The van der Waals surface area contributed by atoms with E-state index in [1.165, 1.54) is 23.5 Å². The van der Waals surface area contributed by atoms with Gasteiger partial charge in [0.05, 0.1) is 18.5 Å². The third kappa shape index (κ3) is 3.10. The summed E-state index contributed by atoms with van der Waals surface area (Å²) in [6.45, 7) is 4.16. The highest BCUT2D eigenvalue weighted by Crippen LogP contribution is 2.26. The molecule has 0 radical (unpaired) electrons. The molecule has 7 heteroatoms. The molecule has 0 aliphatic heterocycles. The highest BCUT2D eigenvalue weighted by Gasteiger charge is 2.12. The number of anilines is 1. The summed E-state index contributed by atoms with van der Waals surface area (Å²) in [7, 11) is 1.98. The lowest BCUT2D eigenvalue weighted by molar-refractivity contribution is 0.154. The summed E-state index contributed by atoms with van der Waals surface area (Å²) in [5, 5.41) is 5.42. The van der Waals surface area contributed by atoms with Gasteiger partial charge in [0.1, 0.15) is 5.82 Å². The molecular formula is C15H17FN4OS. The zero-order valence-electron chi connectivity index (χ0n) is 12.5. The highest BCUT2D eigenvalue weighted by molar-refractivity contribution is 7.20. The van der Waals surface area contributed by atoms with E-state index in [9.17, 15) is 4.39 Å². The number of nitrogens with zero attached hydrogens (tertiary/aromatic N) is 4. The van der Waals surface area contributed by atoms with Gasteiger partial charge in [0.2, 0.25) is 10.1 Å². The van der Waals surface area contributed by atoms with E-state index >= 15 is 0 Å². The molecule has 5 nitrogen and oxygen atoms in total. The summed E-state index contributed by atoms with van der Waals surface area (Å²) in [4.78, 5) is 7.42. The van der Waals surface area contributed by atoms with Gasteiger partial charge in [-0.3, -0.25) is 0 Å². The van der Waals surface area contributed by atoms with Crippen molar-refractivity contribution in [2.75, 3.05) is 31.7 Å². The van der Waals surface area contributed by atoms with E-state index in [1.54, 1.807) is 16.6 Å². The monoisotopic (exact) mass is 320 g/mol. The Morgan fingerprint density at radius 1 is 1.32 bits per heavy atom. The van der Waals surface area contributed by atoms with E-state index in [1.807, 2.05) is 25.1 Å². The second-order valence-corrected chi connectivity index (χ2v) is 5.80. The number of rotatable bonds is 6. The van der Waals surface area contributed by atoms with E-state index < -0.39 is 0 Å². The number of fused-ring (bicyclic) bond motifs is 1. The van der Waals surface area contributed by atoms with Crippen molar-refractivity contribution in [2.24, 2.45) is 0 Å². The molecule has 0 bridgehead atoms. The maximum Gasteiger partial charge on any atom is 0.214 e. The Kier molecular flexibility index (Phi) is 4.35. The van der Waals surface area contributed by atoms with Gasteiger partial charge < -0.3 is 9.64 Å². The van der Waals surface area contributed by atoms with E-state index in [0.29, 0.717) is 6.61 Å². The summed E-state index contributed by atoms with van der Waals surface area (Å²) in [6, 6.07) is 6.31. The molecule has 0 fully saturated rings. The largest absolute Gasteiger partial charge is 0.380 e. The van der Waals surface area contributed by atoms with E-state index in [2.05, 4.69) is 10.1 Å². The quantitative estimate of drug-likeness (QED) is 0.655. The summed E-state index contributed by atoms with van der Waals surface area (Å²) in [5.41, 5.74) is 1.67. The van der Waals surface area contributed by atoms with Gasteiger partial charge in [-0.2, -0.15) is 0 Å². The van der Waals surface area contributed by atoms with Crippen LogP contribution in [0.2, 0.25) is 0 Å². The van der Waals surface area contributed by atoms with Gasteiger partial charge in [0, 0.05) is 25.8 Å². The molecule has 22 heavy (non-hydrogen) atoms. The second-order valence-electron chi connectivity index (χ2n) is 4.86. The van der Waals surface area contributed by atoms with Crippen LogP contribution in [0.25, 0.3) is 16.2 Å². The molecule has 0 aliphatic carbocycles. The Balaban J connectivity index is 1.78. The van der Waals surface area contributed by atoms with Crippen LogP contribution < -0.4 is 4.90 Å². The molecule has 3 rings (SSSR count). The maximum atomic E-state index is 13.0. The number of hydrogen-bond acceptors (Lipinski definition) is 5. The second kappa shape index (κ2) is 6.41. The third-order valence-corrected chi connectivity index (χ3v) is 4.31. The predicted molar refractivity (Wildman–Crippen MR) is 86.0 cm³/mol. The van der Waals surface area contributed by atoms with Crippen molar-refractivity contribution in [2.45, 2.75) is 6.92 Å². The van der Waals surface area contributed by atoms with Crippen LogP contribution in [0.15, 0.2) is 30.5 Å². The van der Waals surface area contributed by atoms with Gasteiger partial charge in [-0.25, -0.2) is 13.9 Å². The number of halogens is 1. The van der Waals surface area contributed by atoms with E-state index in [0.717, 1.165) is 34.5 Å². The number of ether oxygens (including phenoxy) is 1. The molecule has 116 valence electrons. The Bertz CT molecular complexity index is 721. The lowest BCUT2D eigenvalue weighted by Gasteiger charge is -2.14. The molecule has 0 aliphatic rings. The number of aromatic nitrogens is 3. The summed E-state index contributed by atoms with van der Waals surface area (Å²) in [5.74, 6) is -0.249. The van der Waals surface area contributed by atoms with E-state index in [-0.39, 0.29) is 5.82 Å². The first-order chi connectivity index (χ1) is 10.7. The van der Waals surface area contributed by atoms with Crippen molar-refractivity contribution >= 4 is 21.4 Å². The van der Waals surface area contributed by atoms with Crippen molar-refractivity contribution in [3.8, 4) is 11.3 Å². The maximum absolute atomic E-state index is 13.0. The van der Waals surface area contributed by atoms with Crippen LogP contribution in [0.1, 0.15) is 6.92 Å². The predicted octanol–water partition coefficient (Wildman–Crippen LogP) is 3.07. The van der Waals surface area contributed by atoms with Gasteiger partial charge in [0.15, 0.2) is 0 Å². The molecular weight excluding hydrogens is 303 g/mol. The van der Waals surface area contributed by atoms with Crippen molar-refractivity contribution in [1.29, 1.82) is 0 Å². The topological polar surface area (TPSA) is 42.7 Å². The van der Waals surface area contributed by atoms with Crippen LogP contribution in [0.5, 0.6) is 0 Å². The van der Waals surface area contributed by atoms with Crippen molar-refractivity contribution in [1.82, 2.24) is 14.6 Å². The standard InChI is InChI=1S/C15H17FN4OS/c1-3-21-9-8-19(2)15-18-20-10-13(17-14(20)22-15)11-4-6-12(16)7-5-11/h4-7,10H,3,8-9H2,1-2H3. The van der Waals surface area contributed by atoms with Gasteiger partial charge in [-0.05, 0) is 31.2 Å². The Morgan fingerprint density at radius 2 is 2.09 bits per heavy atom. The minimum atomic E-state index is -0.249. The molecule has 0 amide bonds. The number of benzene rings is 1. The summed E-state index contributed by atoms with van der Waals surface area (Å²) < 4.78 is 20.1. The number of hydrogen-bond donors (Lipinski definition) is 0.